The Balaban J connectivity index is 1.87. The Labute approximate surface area is 182 Å². The molecule has 2 atom stereocenters. The molecule has 1 fully saturated rings. The van der Waals surface area contributed by atoms with Gasteiger partial charge in [0.25, 0.3) is 0 Å². The van der Waals surface area contributed by atoms with Crippen molar-refractivity contribution in [2.45, 2.75) is 62.4 Å². The molecule has 0 bridgehead atoms. The second kappa shape index (κ2) is 8.09. The first-order valence-electron chi connectivity index (χ1n) is 10.4. The van der Waals surface area contributed by atoms with Gasteiger partial charge in [-0.25, -0.2) is 0 Å². The summed E-state index contributed by atoms with van der Waals surface area (Å²) in [5.74, 6) is -0.338. The maximum Gasteiger partial charge on any atom is 0.309 e. The number of carbonyl (C=O) groups excluding carboxylic acids is 1. The maximum atomic E-state index is 11.8. The number of esters is 1. The molecule has 4 heteroatoms. The van der Waals surface area contributed by atoms with Crippen LogP contribution in [0.3, 0.4) is 0 Å². The second-order valence-electron chi connectivity index (χ2n) is 8.75. The number of carbonyl (C=O) groups is 1. The first kappa shape index (κ1) is 21.0. The fraction of sp³-hybridized carbons (Fsp3) is 0.346. The van der Waals surface area contributed by atoms with Crippen LogP contribution in [-0.2, 0) is 9.53 Å². The number of hydrogen-bond donors (Lipinski definition) is 1. The lowest BCUT2D eigenvalue weighted by Crippen LogP contribution is -2.31. The highest BCUT2D eigenvalue weighted by atomic mass is 32.2. The van der Waals surface area contributed by atoms with Crippen LogP contribution in [0.25, 0.3) is 5.57 Å². The lowest BCUT2D eigenvalue weighted by atomic mass is 9.85. The van der Waals surface area contributed by atoms with Gasteiger partial charge in [-0.15, -0.1) is 11.8 Å². The lowest BCUT2D eigenvalue weighted by Gasteiger charge is -2.35. The van der Waals surface area contributed by atoms with Gasteiger partial charge < -0.3 is 9.84 Å². The van der Waals surface area contributed by atoms with E-state index in [4.69, 9.17) is 4.74 Å². The van der Waals surface area contributed by atoms with Crippen molar-refractivity contribution in [1.82, 2.24) is 0 Å². The topological polar surface area (TPSA) is 46.5 Å². The number of aliphatic hydroxyl groups excluding tert-OH is 1. The molecule has 4 rings (SSSR count). The Bertz CT molecular complexity index is 1030. The van der Waals surface area contributed by atoms with Gasteiger partial charge in [0, 0.05) is 16.1 Å². The molecule has 156 valence electrons. The van der Waals surface area contributed by atoms with Crippen LogP contribution in [0.5, 0.6) is 0 Å². The molecule has 2 aromatic carbocycles. The van der Waals surface area contributed by atoms with E-state index in [0.29, 0.717) is 6.42 Å². The molecule has 0 radical (unpaired) electrons. The van der Waals surface area contributed by atoms with Crippen LogP contribution in [0.15, 0.2) is 65.1 Å². The SMILES string of the molecule is Cc1cc(C)cc(C2=C(/C=C/[C@@H]3C[C@@H](O)CC(=O)O3)C(C)(C)Sc3ccccc32)c1. The van der Waals surface area contributed by atoms with E-state index in [2.05, 4.69) is 76.2 Å². The van der Waals surface area contributed by atoms with Crippen LogP contribution in [0.2, 0.25) is 0 Å². The standard InChI is InChI=1S/C26H28O3S/c1-16-11-17(2)13-18(12-16)25-21-7-5-6-8-23(21)30-26(3,4)22(25)10-9-20-14-19(27)15-24(28)29-20/h5-13,19-20,27H,14-15H2,1-4H3/b10-9+/t19-,20-/m1/s1. The monoisotopic (exact) mass is 420 g/mol. The van der Waals surface area contributed by atoms with Gasteiger partial charge in [-0.1, -0.05) is 53.6 Å². The number of fused-ring (bicyclic) bond motifs is 1. The summed E-state index contributed by atoms with van der Waals surface area (Å²) in [4.78, 5) is 13.0. The summed E-state index contributed by atoms with van der Waals surface area (Å²) < 4.78 is 5.29. The number of allylic oxidation sites excluding steroid dienone is 1. The summed E-state index contributed by atoms with van der Waals surface area (Å²) in [6, 6.07) is 15.2. The summed E-state index contributed by atoms with van der Waals surface area (Å²) in [5.41, 5.74) is 7.32. The van der Waals surface area contributed by atoms with Crippen LogP contribution in [0.1, 0.15) is 48.9 Å². The van der Waals surface area contributed by atoms with Crippen molar-refractivity contribution in [3.05, 3.63) is 82.4 Å². The van der Waals surface area contributed by atoms with E-state index in [1.165, 1.54) is 38.3 Å². The summed E-state index contributed by atoms with van der Waals surface area (Å²) in [7, 11) is 0. The average molecular weight is 421 g/mol. The van der Waals surface area contributed by atoms with Crippen molar-refractivity contribution in [2.75, 3.05) is 0 Å². The number of aryl methyl sites for hydroxylation is 2. The number of benzene rings is 2. The van der Waals surface area contributed by atoms with Crippen molar-refractivity contribution in [3.63, 3.8) is 0 Å². The Morgan fingerprint density at radius 2 is 1.83 bits per heavy atom. The highest BCUT2D eigenvalue weighted by Gasteiger charge is 2.34. The maximum absolute atomic E-state index is 11.8. The molecule has 0 aliphatic carbocycles. The molecular weight excluding hydrogens is 392 g/mol. The third-order valence-electron chi connectivity index (χ3n) is 5.62. The van der Waals surface area contributed by atoms with E-state index in [1.54, 1.807) is 0 Å². The van der Waals surface area contributed by atoms with Crippen molar-refractivity contribution < 1.29 is 14.6 Å². The molecule has 2 aromatic rings. The molecule has 30 heavy (non-hydrogen) atoms. The number of hydrogen-bond acceptors (Lipinski definition) is 4. The Morgan fingerprint density at radius 3 is 2.53 bits per heavy atom. The third kappa shape index (κ3) is 4.26. The zero-order valence-corrected chi connectivity index (χ0v) is 18.8. The molecule has 0 spiro atoms. The molecule has 0 saturated carbocycles. The molecular formula is C26H28O3S. The van der Waals surface area contributed by atoms with Gasteiger partial charge in [0.15, 0.2) is 0 Å². The number of cyclic esters (lactones) is 1. The van der Waals surface area contributed by atoms with E-state index in [0.717, 1.165) is 0 Å². The van der Waals surface area contributed by atoms with Crippen molar-refractivity contribution in [2.24, 2.45) is 0 Å². The second-order valence-corrected chi connectivity index (χ2v) is 10.4. The smallest absolute Gasteiger partial charge is 0.309 e. The first-order chi connectivity index (χ1) is 14.2. The predicted octanol–water partition coefficient (Wildman–Crippen LogP) is 5.61. The summed E-state index contributed by atoms with van der Waals surface area (Å²) in [6.07, 6.45) is 3.53. The van der Waals surface area contributed by atoms with Crippen LogP contribution in [-0.4, -0.2) is 28.0 Å². The molecule has 1 saturated heterocycles. The minimum Gasteiger partial charge on any atom is -0.458 e. The molecule has 2 heterocycles. The quantitative estimate of drug-likeness (QED) is 0.656. The van der Waals surface area contributed by atoms with E-state index in [1.807, 2.05) is 17.8 Å². The zero-order valence-electron chi connectivity index (χ0n) is 17.9. The molecule has 0 unspecified atom stereocenters. The van der Waals surface area contributed by atoms with Crippen LogP contribution in [0.4, 0.5) is 0 Å². The fourth-order valence-corrected chi connectivity index (χ4v) is 5.64. The van der Waals surface area contributed by atoms with E-state index in [9.17, 15) is 9.90 Å². The zero-order chi connectivity index (χ0) is 21.5. The molecule has 2 aliphatic rings. The van der Waals surface area contributed by atoms with E-state index < -0.39 is 12.2 Å². The average Bonchev–Trinajstić information content (AvgIpc) is 2.63. The summed E-state index contributed by atoms with van der Waals surface area (Å²) in [5, 5.41) is 9.96. The highest BCUT2D eigenvalue weighted by molar-refractivity contribution is 8.01. The number of ether oxygens (including phenoxy) is 1. The van der Waals surface area contributed by atoms with Gasteiger partial charge >= 0.3 is 5.97 Å². The normalized spacial score (nSPS) is 23.4. The number of rotatable bonds is 3. The summed E-state index contributed by atoms with van der Waals surface area (Å²) in [6.45, 7) is 8.73. The van der Waals surface area contributed by atoms with Gasteiger partial charge in [0.05, 0.1) is 12.5 Å². The van der Waals surface area contributed by atoms with Crippen LogP contribution < -0.4 is 0 Å². The van der Waals surface area contributed by atoms with Crippen molar-refractivity contribution >= 4 is 23.3 Å². The van der Waals surface area contributed by atoms with Gasteiger partial charge in [-0.2, -0.15) is 0 Å². The molecule has 0 amide bonds. The van der Waals surface area contributed by atoms with Crippen molar-refractivity contribution in [3.8, 4) is 0 Å². The third-order valence-corrected chi connectivity index (χ3v) is 6.92. The van der Waals surface area contributed by atoms with E-state index >= 15 is 0 Å². The molecule has 0 aromatic heterocycles. The van der Waals surface area contributed by atoms with Gasteiger partial charge in [-0.05, 0) is 62.1 Å². The van der Waals surface area contributed by atoms with Gasteiger partial charge in [0.2, 0.25) is 0 Å². The van der Waals surface area contributed by atoms with E-state index in [-0.39, 0.29) is 17.1 Å². The minimum atomic E-state index is -0.636. The largest absolute Gasteiger partial charge is 0.458 e. The van der Waals surface area contributed by atoms with Gasteiger partial charge in [0.1, 0.15) is 6.10 Å². The molecule has 1 N–H and O–H groups in total. The van der Waals surface area contributed by atoms with Crippen LogP contribution >= 0.6 is 11.8 Å². The first-order valence-corrected chi connectivity index (χ1v) is 11.2. The number of thioether (sulfide) groups is 1. The Hall–Kier alpha value is -2.30. The van der Waals surface area contributed by atoms with Crippen molar-refractivity contribution in [1.29, 1.82) is 0 Å². The lowest BCUT2D eigenvalue weighted by molar-refractivity contribution is -0.156. The minimum absolute atomic E-state index is 0.0789. The van der Waals surface area contributed by atoms with Crippen LogP contribution in [0, 0.1) is 13.8 Å². The Kier molecular flexibility index (Phi) is 5.65. The molecule has 3 nitrogen and oxygen atoms in total. The fourth-order valence-electron chi connectivity index (χ4n) is 4.38. The summed E-state index contributed by atoms with van der Waals surface area (Å²) >= 11 is 1.85. The van der Waals surface area contributed by atoms with Gasteiger partial charge in [-0.3, -0.25) is 4.79 Å². The predicted molar refractivity (Wildman–Crippen MR) is 123 cm³/mol. The number of aliphatic hydroxyl groups is 1. The Morgan fingerprint density at radius 1 is 1.13 bits per heavy atom. The molecule has 2 aliphatic heterocycles. The highest BCUT2D eigenvalue weighted by Crippen LogP contribution is 2.51.